The molecule has 0 saturated heterocycles. The number of halogens is 12. The van der Waals surface area contributed by atoms with Crippen LogP contribution in [0.1, 0.15) is 123 Å². The number of amides is 4. The number of anilines is 9. The molecule has 2 aliphatic rings. The molecule has 32 nitrogen and oxygen atoms in total. The van der Waals surface area contributed by atoms with Gasteiger partial charge in [-0.15, -0.1) is 0 Å². The van der Waals surface area contributed by atoms with Gasteiger partial charge >= 0.3 is 60.6 Å². The van der Waals surface area contributed by atoms with Gasteiger partial charge in [-0.25, -0.2) is 9.59 Å². The van der Waals surface area contributed by atoms with Crippen LogP contribution in [0.25, 0.3) is 0 Å². The molecule has 5 heterocycles. The van der Waals surface area contributed by atoms with E-state index < -0.39 is 86.0 Å². The first-order valence-corrected chi connectivity index (χ1v) is 34.5. The van der Waals surface area contributed by atoms with Gasteiger partial charge in [0.15, 0.2) is 19.8 Å². The topological polar surface area (TPSA) is 422 Å². The lowest BCUT2D eigenvalue weighted by Gasteiger charge is -2.24. The smallest absolute Gasteiger partial charge is 0.471 e. The maximum Gasteiger partial charge on any atom is 0.471 e. The number of carbonyl (C=O) groups is 6. The second-order valence-corrected chi connectivity index (χ2v) is 25.0. The molecule has 610 valence electrons. The molecule has 0 fully saturated rings. The number of unbranched alkanes of at least 4 members (excludes halogenated alkanes) is 4. The molecule has 0 saturated carbocycles. The van der Waals surface area contributed by atoms with E-state index in [9.17, 15) is 81.5 Å². The van der Waals surface area contributed by atoms with Crippen molar-refractivity contribution in [1.29, 1.82) is 0 Å². The highest BCUT2D eigenvalue weighted by Gasteiger charge is 2.42. The van der Waals surface area contributed by atoms with Gasteiger partial charge in [0.1, 0.15) is 5.60 Å². The van der Waals surface area contributed by atoms with E-state index in [2.05, 4.69) is 91.5 Å². The number of carbonyl (C=O) groups excluding carboxylic acids is 5. The summed E-state index contributed by atoms with van der Waals surface area (Å²) in [5.41, 5.74) is 12.3. The van der Waals surface area contributed by atoms with Gasteiger partial charge in [0.25, 0.3) is 5.91 Å². The predicted molar refractivity (Wildman–Crippen MR) is 380 cm³/mol. The highest BCUT2D eigenvalue weighted by atomic mass is 19.4. The number of esters is 1. The fraction of sp³-hybridized carbons (Fsp3) is 0.507. The molecule has 8 rings (SSSR count). The number of ether oxygens (including phenoxy) is 4. The molecule has 0 atom stereocenters. The molecule has 0 spiro atoms. The standard InChI is InChI=1S/C25H36F3N7O4.C21H23F6N7O3.C21H28F3N7O4/c1-17(36)35(14-7-5-6-12-29)15-13-30-21-32-22(34-23(33-21)38-16-25(26,27)28)31-19-10-8-18(9-11-19)20(37)39-24(2,3)4;22-20(23,24)12-37-19-32-17-29-9-11-34(16(36)21(25,26)27)10-3-1-2-8-28-15(35)13-4-6-14(7-5-13)30-18(31-17)33-19;1-14(32)31(11-4-2-3-9-25)12-10-26-18-28-19(30-20(29-18)35-13-21(22,23)24)27-16-7-5-15(6-8-16)17(33)34/h8-11H,5-7,12-16,29H2,1-4H3,(H2,30,31,32,33,34);4-7H,1-3,8-12H2,(H,28,35)(H2,29,30,31,32,33);5-8H,2-4,9-13,25H2,1H3,(H,33,34)(H2,26,27,28,29,30). The molecule has 3 aromatic carbocycles. The number of alkyl halides is 12. The lowest BCUT2D eigenvalue weighted by atomic mass is 10.1. The van der Waals surface area contributed by atoms with Crippen molar-refractivity contribution in [3.8, 4) is 18.0 Å². The zero-order chi connectivity index (χ0) is 82.0. The Morgan fingerprint density at radius 1 is 0.514 bits per heavy atom. The van der Waals surface area contributed by atoms with Crippen LogP contribution in [-0.4, -0.2) is 229 Å². The molecular formula is C67H87F12N21O11. The third-order valence-corrected chi connectivity index (χ3v) is 14.6. The minimum atomic E-state index is -5.08. The van der Waals surface area contributed by atoms with Crippen molar-refractivity contribution in [2.45, 2.75) is 123 Å². The Morgan fingerprint density at radius 2 is 0.964 bits per heavy atom. The van der Waals surface area contributed by atoms with Crippen molar-refractivity contribution < 1.29 is 106 Å². The van der Waals surface area contributed by atoms with Crippen molar-refractivity contribution >= 4 is 88.3 Å². The van der Waals surface area contributed by atoms with Gasteiger partial charge in [0.05, 0.1) is 11.1 Å². The van der Waals surface area contributed by atoms with Gasteiger partial charge < -0.3 is 87.4 Å². The van der Waals surface area contributed by atoms with Crippen LogP contribution in [-0.2, 0) is 19.1 Å². The normalized spacial score (nSPS) is 12.9. The van der Waals surface area contributed by atoms with Crippen LogP contribution in [0.2, 0.25) is 0 Å². The Balaban J connectivity index is 0.000000298. The Hall–Kier alpha value is -11.2. The van der Waals surface area contributed by atoms with E-state index in [-0.39, 0.29) is 98.1 Å². The van der Waals surface area contributed by atoms with Gasteiger partial charge in [0, 0.05) is 102 Å². The molecule has 0 unspecified atom stereocenters. The average Bonchev–Trinajstić information content (AvgIpc) is 0.865. The monoisotopic (exact) mass is 1590 g/mol. The summed E-state index contributed by atoms with van der Waals surface area (Å²) in [6.45, 7) is 6.19. The van der Waals surface area contributed by atoms with E-state index >= 15 is 0 Å². The van der Waals surface area contributed by atoms with Crippen molar-refractivity contribution in [2.24, 2.45) is 11.5 Å². The number of benzene rings is 3. The largest absolute Gasteiger partial charge is 0.478 e. The number of nitrogens with one attached hydrogen (secondary N) is 7. The molecule has 44 heteroatoms. The van der Waals surface area contributed by atoms with Gasteiger partial charge in [-0.1, -0.05) is 12.8 Å². The van der Waals surface area contributed by atoms with Crippen molar-refractivity contribution in [3.63, 3.8) is 0 Å². The lowest BCUT2D eigenvalue weighted by molar-refractivity contribution is -0.185. The van der Waals surface area contributed by atoms with Gasteiger partial charge in [0.2, 0.25) is 47.5 Å². The minimum absolute atomic E-state index is 0.0401. The predicted octanol–water partition coefficient (Wildman–Crippen LogP) is 9.82. The number of aromatic carboxylic acids is 1. The first-order chi connectivity index (χ1) is 52.2. The van der Waals surface area contributed by atoms with Crippen LogP contribution in [0.5, 0.6) is 18.0 Å². The quantitative estimate of drug-likeness (QED) is 0.0114. The molecule has 0 aliphatic carbocycles. The van der Waals surface area contributed by atoms with E-state index in [1.807, 2.05) is 0 Å². The number of hydrogen-bond donors (Lipinski definition) is 10. The molecule has 111 heavy (non-hydrogen) atoms. The molecule has 2 aliphatic heterocycles. The molecule has 12 N–H and O–H groups in total. The van der Waals surface area contributed by atoms with Crippen LogP contribution in [0.15, 0.2) is 72.8 Å². The molecular weight excluding hydrogens is 1500 g/mol. The van der Waals surface area contributed by atoms with E-state index in [1.54, 1.807) is 42.7 Å². The number of carboxylic acid groups (broad SMARTS) is 1. The van der Waals surface area contributed by atoms with E-state index in [4.69, 9.17) is 26.0 Å². The maximum atomic E-state index is 13.0. The highest BCUT2D eigenvalue weighted by molar-refractivity contribution is 5.94. The number of nitrogens with zero attached hydrogens (tertiary/aromatic N) is 12. The first kappa shape index (κ1) is 90.4. The molecule has 6 aromatic rings. The Kier molecular flexibility index (Phi) is 35.7. The average molecular weight is 1590 g/mol. The van der Waals surface area contributed by atoms with Crippen LogP contribution in [0.3, 0.4) is 0 Å². The number of carboxylic acids is 1. The summed E-state index contributed by atoms with van der Waals surface area (Å²) in [7, 11) is 0. The summed E-state index contributed by atoms with van der Waals surface area (Å²) < 4.78 is 172. The number of fused-ring (bicyclic) bond motifs is 12. The van der Waals surface area contributed by atoms with E-state index in [1.165, 1.54) is 74.5 Å². The minimum Gasteiger partial charge on any atom is -0.478 e. The first-order valence-electron chi connectivity index (χ1n) is 34.5. The van der Waals surface area contributed by atoms with Crippen molar-refractivity contribution in [2.75, 3.05) is 130 Å². The molecule has 0 radical (unpaired) electrons. The second kappa shape index (κ2) is 43.8. The molecule has 3 aromatic heterocycles. The van der Waals surface area contributed by atoms with E-state index in [0.717, 1.165) is 38.5 Å². The van der Waals surface area contributed by atoms with Crippen LogP contribution in [0.4, 0.5) is 105 Å². The zero-order valence-corrected chi connectivity index (χ0v) is 61.0. The fourth-order valence-electron chi connectivity index (χ4n) is 9.33. The maximum absolute atomic E-state index is 13.0. The Morgan fingerprint density at radius 3 is 1.40 bits per heavy atom. The Bertz CT molecular complexity index is 3920. The second-order valence-electron chi connectivity index (χ2n) is 25.0. The summed E-state index contributed by atoms with van der Waals surface area (Å²) in [5.74, 6) is -5.04. The van der Waals surface area contributed by atoms with Crippen LogP contribution >= 0.6 is 0 Å². The Labute approximate surface area is 628 Å². The van der Waals surface area contributed by atoms with Crippen LogP contribution in [0, 0.1) is 0 Å². The van der Waals surface area contributed by atoms with Crippen molar-refractivity contribution in [1.82, 2.24) is 64.9 Å². The molecule has 4 amide bonds. The number of aromatic nitrogens is 9. The van der Waals surface area contributed by atoms with E-state index in [0.29, 0.717) is 91.7 Å². The summed E-state index contributed by atoms with van der Waals surface area (Å²) >= 11 is 0. The van der Waals surface area contributed by atoms with Crippen molar-refractivity contribution in [3.05, 3.63) is 89.5 Å². The zero-order valence-electron chi connectivity index (χ0n) is 61.0. The SMILES string of the molecule is CC(=O)N(CCCCCN)CCNc1nc(Nc2ccc(C(=O)O)cc2)nc(OCC(F)(F)F)n1.CC(=O)N(CCCCCN)CCNc1nc(Nc2ccc(C(=O)OC(C)(C)C)cc2)nc(OCC(F)(F)F)n1.O=C1NCCCCCN(C(=O)C(F)(F)F)CCNc2nc(nc(OCC(F)(F)F)n2)Nc2ccc1cc2. The molecule has 4 bridgehead atoms. The van der Waals surface area contributed by atoms with Gasteiger partial charge in [-0.3, -0.25) is 19.2 Å². The number of hydrogen-bond acceptors (Lipinski definition) is 27. The summed E-state index contributed by atoms with van der Waals surface area (Å²) in [5, 5.41) is 28.4. The summed E-state index contributed by atoms with van der Waals surface area (Å²) in [6.07, 6.45) is -12.6. The number of rotatable bonds is 30. The summed E-state index contributed by atoms with van der Waals surface area (Å²) in [6, 6.07) is 16.1. The third kappa shape index (κ3) is 36.7. The summed E-state index contributed by atoms with van der Waals surface area (Å²) in [4.78, 5) is 110. The third-order valence-electron chi connectivity index (χ3n) is 14.6. The van der Waals surface area contributed by atoms with Gasteiger partial charge in [-0.2, -0.15) is 97.5 Å². The highest BCUT2D eigenvalue weighted by Crippen LogP contribution is 2.26. The lowest BCUT2D eigenvalue weighted by Crippen LogP contribution is -2.43. The van der Waals surface area contributed by atoms with Gasteiger partial charge in [-0.05, 0) is 152 Å². The number of nitrogens with two attached hydrogens (primary N) is 2. The fourth-order valence-corrected chi connectivity index (χ4v) is 9.33. The van der Waals surface area contributed by atoms with Crippen LogP contribution < -0.4 is 62.9 Å².